The van der Waals surface area contributed by atoms with Gasteiger partial charge in [-0.1, -0.05) is 30.3 Å². The highest BCUT2D eigenvalue weighted by atomic mass is 32.1. The van der Waals surface area contributed by atoms with E-state index < -0.39 is 0 Å². The number of rotatable bonds is 2. The Balaban J connectivity index is 1.56. The monoisotopic (exact) mass is 299 g/mol. The molecule has 2 aliphatic heterocycles. The second-order valence-corrected chi connectivity index (χ2v) is 7.00. The summed E-state index contributed by atoms with van der Waals surface area (Å²) in [5.74, 6) is 0. The Morgan fingerprint density at radius 3 is 2.76 bits per heavy atom. The molecule has 0 aliphatic carbocycles. The molecule has 1 aromatic carbocycles. The number of thiazole rings is 1. The van der Waals surface area contributed by atoms with Crippen molar-refractivity contribution in [1.29, 1.82) is 0 Å². The second-order valence-electron chi connectivity index (χ2n) is 6.17. The maximum Gasteiger partial charge on any atom is 0.185 e. The molecule has 3 heterocycles. The van der Waals surface area contributed by atoms with Gasteiger partial charge in [0.1, 0.15) is 0 Å². The van der Waals surface area contributed by atoms with E-state index in [2.05, 4.69) is 52.6 Å². The Morgan fingerprint density at radius 2 is 1.90 bits per heavy atom. The van der Waals surface area contributed by atoms with Gasteiger partial charge in [0.15, 0.2) is 5.13 Å². The number of anilines is 1. The molecule has 2 fully saturated rings. The van der Waals surface area contributed by atoms with Gasteiger partial charge >= 0.3 is 0 Å². The maximum absolute atomic E-state index is 4.88. The Kier molecular flexibility index (Phi) is 3.43. The molecule has 4 rings (SSSR count). The number of hydrogen-bond donors (Lipinski definition) is 0. The molecule has 21 heavy (non-hydrogen) atoms. The van der Waals surface area contributed by atoms with Gasteiger partial charge in [-0.05, 0) is 26.3 Å². The first-order valence-corrected chi connectivity index (χ1v) is 8.67. The van der Waals surface area contributed by atoms with Crippen molar-refractivity contribution in [2.45, 2.75) is 31.3 Å². The fourth-order valence-electron chi connectivity index (χ4n) is 3.63. The Hall–Kier alpha value is -1.39. The molecular formula is C17H21N3S. The van der Waals surface area contributed by atoms with Crippen LogP contribution in [0.4, 0.5) is 5.13 Å². The first kappa shape index (κ1) is 13.3. The summed E-state index contributed by atoms with van der Waals surface area (Å²) in [6, 6.07) is 12.0. The van der Waals surface area contributed by atoms with Gasteiger partial charge in [-0.3, -0.25) is 4.90 Å². The van der Waals surface area contributed by atoms with Crippen molar-refractivity contribution in [3.63, 3.8) is 0 Å². The van der Waals surface area contributed by atoms with Crippen LogP contribution in [0, 0.1) is 0 Å². The van der Waals surface area contributed by atoms with Crippen molar-refractivity contribution in [2.24, 2.45) is 0 Å². The molecule has 2 unspecified atom stereocenters. The molecule has 0 radical (unpaired) electrons. The number of likely N-dealkylation sites (N-methyl/N-ethyl adjacent to an activating group) is 1. The van der Waals surface area contributed by atoms with Crippen molar-refractivity contribution in [3.8, 4) is 11.3 Å². The van der Waals surface area contributed by atoms with Crippen molar-refractivity contribution < 1.29 is 0 Å². The van der Waals surface area contributed by atoms with E-state index in [1.54, 1.807) is 11.3 Å². The lowest BCUT2D eigenvalue weighted by atomic mass is 10.1. The second kappa shape index (κ2) is 5.43. The summed E-state index contributed by atoms with van der Waals surface area (Å²) in [6.07, 6.45) is 3.99. The molecule has 0 spiro atoms. The molecule has 4 heteroatoms. The van der Waals surface area contributed by atoms with E-state index in [1.165, 1.54) is 30.0 Å². The fraction of sp³-hybridized carbons (Fsp3) is 0.471. The number of fused-ring (bicyclic) bond motifs is 2. The van der Waals surface area contributed by atoms with Gasteiger partial charge in [-0.25, -0.2) is 4.98 Å². The predicted octanol–water partition coefficient (Wildman–Crippen LogP) is 3.48. The van der Waals surface area contributed by atoms with E-state index in [1.807, 2.05) is 0 Å². The molecule has 3 nitrogen and oxygen atoms in total. The molecule has 0 saturated carbocycles. The smallest absolute Gasteiger partial charge is 0.185 e. The summed E-state index contributed by atoms with van der Waals surface area (Å²) in [5.41, 5.74) is 2.33. The number of benzene rings is 1. The van der Waals surface area contributed by atoms with Gasteiger partial charge < -0.3 is 4.90 Å². The first-order valence-electron chi connectivity index (χ1n) is 7.79. The summed E-state index contributed by atoms with van der Waals surface area (Å²) in [6.45, 7) is 2.28. The summed E-state index contributed by atoms with van der Waals surface area (Å²) in [4.78, 5) is 9.97. The largest absolute Gasteiger partial charge is 0.346 e. The van der Waals surface area contributed by atoms with Gasteiger partial charge in [-0.15, -0.1) is 11.3 Å². The average Bonchev–Trinajstić information content (AvgIpc) is 3.06. The van der Waals surface area contributed by atoms with Crippen LogP contribution in [0.2, 0.25) is 0 Å². The highest BCUT2D eigenvalue weighted by Gasteiger charge is 2.35. The summed E-state index contributed by atoms with van der Waals surface area (Å²) >= 11 is 1.79. The minimum atomic E-state index is 0.710. The van der Waals surface area contributed by atoms with Crippen molar-refractivity contribution in [3.05, 3.63) is 35.7 Å². The molecule has 2 aliphatic rings. The van der Waals surface area contributed by atoms with E-state index in [9.17, 15) is 0 Å². The number of hydrogen-bond acceptors (Lipinski definition) is 4. The van der Waals surface area contributed by atoms with Crippen LogP contribution in [0.3, 0.4) is 0 Å². The lowest BCUT2D eigenvalue weighted by Crippen LogP contribution is -2.36. The van der Waals surface area contributed by atoms with Gasteiger partial charge in [0.2, 0.25) is 0 Å². The first-order chi connectivity index (χ1) is 10.3. The summed E-state index contributed by atoms with van der Waals surface area (Å²) in [7, 11) is 2.29. The van der Waals surface area contributed by atoms with E-state index in [0.29, 0.717) is 6.04 Å². The number of nitrogens with zero attached hydrogens (tertiary/aromatic N) is 3. The van der Waals surface area contributed by atoms with E-state index >= 15 is 0 Å². The van der Waals surface area contributed by atoms with Crippen LogP contribution in [0.25, 0.3) is 11.3 Å². The highest BCUT2D eigenvalue weighted by molar-refractivity contribution is 7.14. The minimum Gasteiger partial charge on any atom is -0.346 e. The molecule has 0 N–H and O–H groups in total. The lowest BCUT2D eigenvalue weighted by molar-refractivity contribution is 0.254. The van der Waals surface area contributed by atoms with Gasteiger partial charge in [0.05, 0.1) is 5.69 Å². The molecule has 2 atom stereocenters. The normalized spacial score (nSPS) is 26.0. The van der Waals surface area contributed by atoms with Gasteiger partial charge in [0, 0.05) is 36.1 Å². The summed E-state index contributed by atoms with van der Waals surface area (Å²) in [5, 5.41) is 3.38. The average molecular weight is 299 g/mol. The number of aromatic nitrogens is 1. The molecule has 2 bridgehead atoms. The zero-order valence-electron chi connectivity index (χ0n) is 12.4. The van der Waals surface area contributed by atoms with E-state index in [4.69, 9.17) is 4.98 Å². The van der Waals surface area contributed by atoms with Crippen LogP contribution in [0.15, 0.2) is 35.7 Å². The maximum atomic E-state index is 4.88. The molecule has 1 aromatic heterocycles. The van der Waals surface area contributed by atoms with Gasteiger partial charge in [0.25, 0.3) is 0 Å². The third kappa shape index (κ3) is 2.47. The van der Waals surface area contributed by atoms with Crippen LogP contribution in [-0.2, 0) is 0 Å². The third-order valence-electron chi connectivity index (χ3n) is 4.98. The Morgan fingerprint density at radius 1 is 1.10 bits per heavy atom. The van der Waals surface area contributed by atoms with Gasteiger partial charge in [-0.2, -0.15) is 0 Å². The van der Waals surface area contributed by atoms with Crippen LogP contribution in [-0.4, -0.2) is 42.1 Å². The Bertz CT molecular complexity index is 610. The molecule has 2 aromatic rings. The third-order valence-corrected chi connectivity index (χ3v) is 5.88. The van der Waals surface area contributed by atoms with Crippen LogP contribution < -0.4 is 4.90 Å². The summed E-state index contributed by atoms with van der Waals surface area (Å²) < 4.78 is 0. The standard InChI is InChI=1S/C17H21N3S/c1-19-14-7-8-15(19)11-20(10-9-14)17-18-16(12-21-17)13-5-3-2-4-6-13/h2-6,12,14-15H,7-11H2,1H3. The minimum absolute atomic E-state index is 0.710. The topological polar surface area (TPSA) is 19.4 Å². The van der Waals surface area contributed by atoms with Crippen molar-refractivity contribution in [1.82, 2.24) is 9.88 Å². The SMILES string of the molecule is CN1C2CCC1CN(c1nc(-c3ccccc3)cs1)CC2. The van der Waals surface area contributed by atoms with Crippen molar-refractivity contribution >= 4 is 16.5 Å². The van der Waals surface area contributed by atoms with Crippen LogP contribution >= 0.6 is 11.3 Å². The molecule has 0 amide bonds. The quantitative estimate of drug-likeness (QED) is 0.846. The zero-order chi connectivity index (χ0) is 14.2. The predicted molar refractivity (Wildman–Crippen MR) is 89.0 cm³/mol. The Labute approximate surface area is 130 Å². The van der Waals surface area contributed by atoms with E-state index in [0.717, 1.165) is 24.8 Å². The van der Waals surface area contributed by atoms with E-state index in [-0.39, 0.29) is 0 Å². The lowest BCUT2D eigenvalue weighted by Gasteiger charge is -2.25. The van der Waals surface area contributed by atoms with Crippen LogP contribution in [0.5, 0.6) is 0 Å². The van der Waals surface area contributed by atoms with Crippen LogP contribution in [0.1, 0.15) is 19.3 Å². The molecule has 110 valence electrons. The zero-order valence-corrected chi connectivity index (χ0v) is 13.2. The molecule has 2 saturated heterocycles. The fourth-order valence-corrected chi connectivity index (χ4v) is 4.51. The highest BCUT2D eigenvalue weighted by Crippen LogP contribution is 2.33. The molecular weight excluding hydrogens is 278 g/mol. The van der Waals surface area contributed by atoms with Crippen molar-refractivity contribution in [2.75, 3.05) is 25.0 Å².